The monoisotopic (exact) mass is 309 g/mol. The summed E-state index contributed by atoms with van der Waals surface area (Å²) in [5, 5.41) is 3.32. The Balaban J connectivity index is 1.94. The zero-order chi connectivity index (χ0) is 16.4. The van der Waals surface area contributed by atoms with E-state index >= 15 is 0 Å². The number of aliphatic imine (C=N–C) groups is 1. The predicted molar refractivity (Wildman–Crippen MR) is 93.8 cm³/mol. The minimum Gasteiger partial charge on any atom is -0.496 e. The number of benzene rings is 2. The Bertz CT molecular complexity index is 739. The number of hydrogen-bond donors (Lipinski definition) is 2. The summed E-state index contributed by atoms with van der Waals surface area (Å²) in [5.74, 6) is 1.34. The molecule has 2 atom stereocenters. The number of rotatable bonds is 3. The van der Waals surface area contributed by atoms with E-state index in [9.17, 15) is 0 Å². The molecule has 0 amide bonds. The molecule has 0 radical (unpaired) electrons. The summed E-state index contributed by atoms with van der Waals surface area (Å²) in [4.78, 5) is 4.59. The van der Waals surface area contributed by atoms with Gasteiger partial charge >= 0.3 is 0 Å². The maximum atomic E-state index is 6.06. The predicted octanol–water partition coefficient (Wildman–Crippen LogP) is 3.40. The van der Waals surface area contributed by atoms with E-state index in [2.05, 4.69) is 48.4 Å². The molecule has 2 aromatic carbocycles. The largest absolute Gasteiger partial charge is 0.496 e. The highest BCUT2D eigenvalue weighted by atomic mass is 16.5. The van der Waals surface area contributed by atoms with Crippen molar-refractivity contribution in [3.8, 4) is 5.75 Å². The fourth-order valence-corrected chi connectivity index (χ4v) is 3.28. The summed E-state index contributed by atoms with van der Waals surface area (Å²) in [6.45, 7) is 4.25. The zero-order valence-electron chi connectivity index (χ0n) is 13.8. The molecule has 2 unspecified atom stereocenters. The molecule has 23 heavy (non-hydrogen) atoms. The average Bonchev–Trinajstić information content (AvgIpc) is 2.54. The number of nitrogens with zero attached hydrogens (tertiary/aromatic N) is 1. The molecule has 0 spiro atoms. The molecule has 1 heterocycles. The number of para-hydroxylation sites is 1. The fourth-order valence-electron chi connectivity index (χ4n) is 3.28. The fraction of sp³-hybridized carbons (Fsp3) is 0.316. The zero-order valence-corrected chi connectivity index (χ0v) is 13.8. The molecule has 0 aromatic heterocycles. The number of nitrogens with two attached hydrogens (primary N) is 1. The topological polar surface area (TPSA) is 59.6 Å². The van der Waals surface area contributed by atoms with Gasteiger partial charge in [-0.05, 0) is 37.5 Å². The van der Waals surface area contributed by atoms with Gasteiger partial charge in [-0.15, -0.1) is 0 Å². The second kappa shape index (κ2) is 6.32. The number of aryl methyl sites for hydroxylation is 2. The van der Waals surface area contributed by atoms with Gasteiger partial charge in [-0.2, -0.15) is 0 Å². The first-order valence-corrected chi connectivity index (χ1v) is 7.88. The summed E-state index contributed by atoms with van der Waals surface area (Å²) in [5.41, 5.74) is 11.0. The van der Waals surface area contributed by atoms with Crippen LogP contribution in [-0.4, -0.2) is 13.1 Å². The third kappa shape index (κ3) is 3.16. The molecule has 0 bridgehead atoms. The lowest BCUT2D eigenvalue weighted by molar-refractivity contribution is 0.397. The highest BCUT2D eigenvalue weighted by molar-refractivity contribution is 5.79. The smallest absolute Gasteiger partial charge is 0.189 e. The van der Waals surface area contributed by atoms with E-state index in [1.165, 1.54) is 16.7 Å². The van der Waals surface area contributed by atoms with Crippen molar-refractivity contribution in [2.45, 2.75) is 32.4 Å². The van der Waals surface area contributed by atoms with Crippen LogP contribution in [0, 0.1) is 13.8 Å². The van der Waals surface area contributed by atoms with Gasteiger partial charge in [0.05, 0.1) is 19.2 Å². The van der Waals surface area contributed by atoms with Crippen molar-refractivity contribution in [1.82, 2.24) is 5.32 Å². The van der Waals surface area contributed by atoms with E-state index in [-0.39, 0.29) is 12.1 Å². The number of nitrogens with one attached hydrogen (secondary N) is 1. The Labute approximate surface area is 137 Å². The number of methoxy groups -OCH3 is 1. The molecule has 1 aliphatic heterocycles. The molecule has 4 heteroatoms. The second-order valence-electron chi connectivity index (χ2n) is 6.06. The van der Waals surface area contributed by atoms with Crippen LogP contribution < -0.4 is 15.8 Å². The highest BCUT2D eigenvalue weighted by Crippen LogP contribution is 2.37. The maximum absolute atomic E-state index is 6.06. The molecule has 0 saturated carbocycles. The van der Waals surface area contributed by atoms with E-state index in [1.54, 1.807) is 7.11 Å². The third-order valence-electron chi connectivity index (χ3n) is 4.37. The van der Waals surface area contributed by atoms with Crippen molar-refractivity contribution in [1.29, 1.82) is 0 Å². The molecule has 3 rings (SSSR count). The number of hydrogen-bond acceptors (Lipinski definition) is 4. The van der Waals surface area contributed by atoms with Crippen LogP contribution in [0.3, 0.4) is 0 Å². The van der Waals surface area contributed by atoms with E-state index < -0.39 is 0 Å². The molecule has 120 valence electrons. The molecule has 4 nitrogen and oxygen atoms in total. The van der Waals surface area contributed by atoms with Gasteiger partial charge in [-0.25, -0.2) is 4.99 Å². The van der Waals surface area contributed by atoms with Crippen LogP contribution in [0.5, 0.6) is 5.75 Å². The third-order valence-corrected chi connectivity index (χ3v) is 4.37. The van der Waals surface area contributed by atoms with Crippen molar-refractivity contribution in [3.05, 3.63) is 64.7 Å². The summed E-state index contributed by atoms with van der Waals surface area (Å²) < 4.78 is 5.48. The van der Waals surface area contributed by atoms with Crippen LogP contribution in [0.4, 0.5) is 0 Å². The van der Waals surface area contributed by atoms with Gasteiger partial charge in [0.25, 0.3) is 0 Å². The summed E-state index contributed by atoms with van der Waals surface area (Å²) in [6, 6.07) is 14.7. The van der Waals surface area contributed by atoms with E-state index in [0.29, 0.717) is 5.96 Å². The van der Waals surface area contributed by atoms with Gasteiger partial charge in [0.2, 0.25) is 0 Å². The maximum Gasteiger partial charge on any atom is 0.189 e. The summed E-state index contributed by atoms with van der Waals surface area (Å²) >= 11 is 0. The van der Waals surface area contributed by atoms with Gasteiger partial charge in [0.15, 0.2) is 5.96 Å². The Morgan fingerprint density at radius 3 is 2.65 bits per heavy atom. The van der Waals surface area contributed by atoms with E-state index in [4.69, 9.17) is 10.5 Å². The normalized spacial score (nSPS) is 20.6. The first kappa shape index (κ1) is 15.4. The van der Waals surface area contributed by atoms with Crippen LogP contribution in [0.1, 0.15) is 40.8 Å². The second-order valence-corrected chi connectivity index (χ2v) is 6.06. The lowest BCUT2D eigenvalue weighted by Gasteiger charge is -2.30. The molecule has 2 aromatic rings. The van der Waals surface area contributed by atoms with Crippen LogP contribution in [-0.2, 0) is 0 Å². The van der Waals surface area contributed by atoms with Crippen LogP contribution >= 0.6 is 0 Å². The van der Waals surface area contributed by atoms with Crippen molar-refractivity contribution in [2.24, 2.45) is 10.7 Å². The molecular formula is C19H23N3O. The van der Waals surface area contributed by atoms with E-state index in [0.717, 1.165) is 17.7 Å². The van der Waals surface area contributed by atoms with Crippen LogP contribution in [0.25, 0.3) is 0 Å². The molecule has 3 N–H and O–H groups in total. The Morgan fingerprint density at radius 2 is 1.91 bits per heavy atom. The lowest BCUT2D eigenvalue weighted by atomic mass is 9.90. The minimum absolute atomic E-state index is 0.00176. The first-order valence-electron chi connectivity index (χ1n) is 7.88. The molecule has 0 saturated heterocycles. The highest BCUT2D eigenvalue weighted by Gasteiger charge is 2.27. The SMILES string of the molecule is COc1ccccc1C1CC(c2ccc(C)cc2C)NC(N)=N1. The van der Waals surface area contributed by atoms with Crippen molar-refractivity contribution < 1.29 is 4.74 Å². The van der Waals surface area contributed by atoms with Crippen LogP contribution in [0.2, 0.25) is 0 Å². The van der Waals surface area contributed by atoms with Gasteiger partial charge < -0.3 is 15.8 Å². The van der Waals surface area contributed by atoms with Crippen LogP contribution in [0.15, 0.2) is 47.5 Å². The van der Waals surface area contributed by atoms with E-state index in [1.807, 2.05) is 18.2 Å². The quantitative estimate of drug-likeness (QED) is 0.913. The summed E-state index contributed by atoms with van der Waals surface area (Å²) in [7, 11) is 1.69. The average molecular weight is 309 g/mol. The first-order chi connectivity index (χ1) is 11.1. The Hall–Kier alpha value is -2.49. The Morgan fingerprint density at radius 1 is 1.13 bits per heavy atom. The molecule has 0 fully saturated rings. The minimum atomic E-state index is -0.00176. The van der Waals surface area contributed by atoms with Gasteiger partial charge in [0, 0.05) is 5.56 Å². The lowest BCUT2D eigenvalue weighted by Crippen LogP contribution is -2.39. The standard InChI is InChI=1S/C19H23N3O/c1-12-8-9-14(13(2)10-12)16-11-17(22-19(20)21-16)15-6-4-5-7-18(15)23-3/h4-10,16-17H,11H2,1-3H3,(H3,20,21,22). The number of guanidine groups is 1. The molecular weight excluding hydrogens is 286 g/mol. The van der Waals surface area contributed by atoms with Crippen molar-refractivity contribution in [2.75, 3.05) is 7.11 Å². The molecule has 0 aliphatic carbocycles. The van der Waals surface area contributed by atoms with Crippen molar-refractivity contribution in [3.63, 3.8) is 0 Å². The van der Waals surface area contributed by atoms with Gasteiger partial charge in [-0.3, -0.25) is 0 Å². The van der Waals surface area contributed by atoms with Gasteiger partial charge in [-0.1, -0.05) is 42.0 Å². The molecule has 1 aliphatic rings. The Kier molecular flexibility index (Phi) is 4.24. The van der Waals surface area contributed by atoms with Gasteiger partial charge in [0.1, 0.15) is 5.75 Å². The van der Waals surface area contributed by atoms with Crippen molar-refractivity contribution >= 4 is 5.96 Å². The number of ether oxygens (including phenoxy) is 1. The summed E-state index contributed by atoms with van der Waals surface area (Å²) in [6.07, 6.45) is 0.852.